The molecule has 0 aromatic heterocycles. The molecule has 1 atom stereocenters. The van der Waals surface area contributed by atoms with Crippen LogP contribution in [-0.4, -0.2) is 44.7 Å². The van der Waals surface area contributed by atoms with Crippen molar-refractivity contribution in [2.24, 2.45) is 0 Å². The van der Waals surface area contributed by atoms with Gasteiger partial charge in [0, 0.05) is 31.4 Å². The lowest BCUT2D eigenvalue weighted by molar-refractivity contribution is 0.328. The molecule has 4 heteroatoms. The van der Waals surface area contributed by atoms with Gasteiger partial charge in [-0.05, 0) is 57.2 Å². The number of benzene rings is 1. The molecular formula is C16H26FN3. The molecule has 1 heterocycles. The Kier molecular flexibility index (Phi) is 5.38. The van der Waals surface area contributed by atoms with Crippen LogP contribution in [0, 0.1) is 5.82 Å². The van der Waals surface area contributed by atoms with Gasteiger partial charge in [0.15, 0.2) is 0 Å². The van der Waals surface area contributed by atoms with E-state index in [1.165, 1.54) is 0 Å². The summed E-state index contributed by atoms with van der Waals surface area (Å²) >= 11 is 0. The summed E-state index contributed by atoms with van der Waals surface area (Å²) in [4.78, 5) is 4.76. The Bertz CT molecular complexity index is 436. The summed E-state index contributed by atoms with van der Waals surface area (Å²) < 4.78 is 13.9. The fraction of sp³-hybridized carbons (Fsp3) is 0.625. The van der Waals surface area contributed by atoms with Crippen molar-refractivity contribution in [3.8, 4) is 0 Å². The number of nitrogens with zero attached hydrogens (tertiary/aromatic N) is 2. The van der Waals surface area contributed by atoms with Crippen LogP contribution >= 0.6 is 0 Å². The van der Waals surface area contributed by atoms with Crippen molar-refractivity contribution >= 4 is 5.69 Å². The molecule has 0 amide bonds. The monoisotopic (exact) mass is 279 g/mol. The van der Waals surface area contributed by atoms with E-state index in [1.807, 2.05) is 7.05 Å². The molecule has 20 heavy (non-hydrogen) atoms. The largest absolute Gasteiger partial charge is 0.367 e. The van der Waals surface area contributed by atoms with Crippen LogP contribution in [0.15, 0.2) is 18.2 Å². The third-order valence-electron chi connectivity index (χ3n) is 4.03. The first kappa shape index (κ1) is 15.3. The van der Waals surface area contributed by atoms with Crippen molar-refractivity contribution in [2.45, 2.75) is 32.4 Å². The highest BCUT2D eigenvalue weighted by Crippen LogP contribution is 2.24. The summed E-state index contributed by atoms with van der Waals surface area (Å²) in [5.41, 5.74) is 2.03. The minimum absolute atomic E-state index is 0.139. The topological polar surface area (TPSA) is 18.5 Å². The van der Waals surface area contributed by atoms with Crippen LogP contribution in [0.25, 0.3) is 0 Å². The molecule has 1 aliphatic heterocycles. The predicted octanol–water partition coefficient (Wildman–Crippen LogP) is 2.47. The third kappa shape index (κ3) is 3.70. The van der Waals surface area contributed by atoms with Crippen molar-refractivity contribution in [3.63, 3.8) is 0 Å². The van der Waals surface area contributed by atoms with E-state index in [2.05, 4.69) is 35.2 Å². The zero-order valence-corrected chi connectivity index (χ0v) is 12.8. The van der Waals surface area contributed by atoms with E-state index in [0.29, 0.717) is 12.6 Å². The first-order valence-corrected chi connectivity index (χ1v) is 7.53. The van der Waals surface area contributed by atoms with Gasteiger partial charge < -0.3 is 15.1 Å². The molecule has 1 N–H and O–H groups in total. The molecule has 1 saturated heterocycles. The second-order valence-electron chi connectivity index (χ2n) is 5.72. The summed E-state index contributed by atoms with van der Waals surface area (Å²) in [5, 5.41) is 3.09. The molecule has 112 valence electrons. The summed E-state index contributed by atoms with van der Waals surface area (Å²) in [6.45, 7) is 6.09. The second kappa shape index (κ2) is 7.04. The molecule has 2 rings (SSSR count). The highest BCUT2D eigenvalue weighted by atomic mass is 19.1. The molecule has 1 fully saturated rings. The Morgan fingerprint density at radius 2 is 2.10 bits per heavy atom. The summed E-state index contributed by atoms with van der Waals surface area (Å²) in [7, 11) is 4.06. The van der Waals surface area contributed by atoms with E-state index >= 15 is 0 Å². The average Bonchev–Trinajstić information content (AvgIpc) is 2.59. The van der Waals surface area contributed by atoms with Gasteiger partial charge in [-0.25, -0.2) is 4.39 Å². The molecule has 0 radical (unpaired) electrons. The fourth-order valence-electron chi connectivity index (χ4n) is 3.04. The van der Waals surface area contributed by atoms with Crippen LogP contribution in [0.1, 0.15) is 25.3 Å². The Morgan fingerprint density at radius 3 is 2.80 bits per heavy atom. The van der Waals surface area contributed by atoms with Crippen LogP contribution in [0.4, 0.5) is 10.1 Å². The van der Waals surface area contributed by atoms with Gasteiger partial charge in [0.2, 0.25) is 0 Å². The normalized spacial score (nSPS) is 21.0. The number of likely N-dealkylation sites (N-methyl/N-ethyl adjacent to an activating group) is 1. The maximum Gasteiger partial charge on any atom is 0.125 e. The van der Waals surface area contributed by atoms with E-state index < -0.39 is 0 Å². The Balaban J connectivity index is 2.27. The van der Waals surface area contributed by atoms with Crippen molar-refractivity contribution in [3.05, 3.63) is 29.6 Å². The van der Waals surface area contributed by atoms with Gasteiger partial charge >= 0.3 is 0 Å². The highest BCUT2D eigenvalue weighted by molar-refractivity contribution is 5.50. The van der Waals surface area contributed by atoms with Crippen LogP contribution < -0.4 is 10.2 Å². The van der Waals surface area contributed by atoms with Gasteiger partial charge in [-0.15, -0.1) is 0 Å². The number of anilines is 1. The van der Waals surface area contributed by atoms with Gasteiger partial charge in [-0.3, -0.25) is 0 Å². The zero-order chi connectivity index (χ0) is 14.5. The standard InChI is InChI=1S/C16H26FN3/c1-4-15-12-19(3)6-5-7-20(15)16-9-13(11-18-2)8-14(17)10-16/h8-10,15,18H,4-7,11-12H2,1-3H3. The molecule has 1 unspecified atom stereocenters. The number of hydrogen-bond donors (Lipinski definition) is 1. The van der Waals surface area contributed by atoms with Crippen molar-refractivity contribution < 1.29 is 4.39 Å². The average molecular weight is 279 g/mol. The summed E-state index contributed by atoms with van der Waals surface area (Å²) in [5.74, 6) is -0.139. The quantitative estimate of drug-likeness (QED) is 0.913. The number of nitrogens with one attached hydrogen (secondary N) is 1. The summed E-state index contributed by atoms with van der Waals surface area (Å²) in [6.07, 6.45) is 2.22. The Morgan fingerprint density at radius 1 is 1.30 bits per heavy atom. The molecule has 1 aromatic rings. The van der Waals surface area contributed by atoms with Gasteiger partial charge in [-0.2, -0.15) is 0 Å². The van der Waals surface area contributed by atoms with E-state index in [4.69, 9.17) is 0 Å². The van der Waals surface area contributed by atoms with E-state index in [-0.39, 0.29) is 5.82 Å². The van der Waals surface area contributed by atoms with Crippen molar-refractivity contribution in [2.75, 3.05) is 38.6 Å². The first-order chi connectivity index (χ1) is 9.63. The molecule has 1 aliphatic rings. The molecular weight excluding hydrogens is 253 g/mol. The van der Waals surface area contributed by atoms with E-state index in [1.54, 1.807) is 12.1 Å². The van der Waals surface area contributed by atoms with Gasteiger partial charge in [-0.1, -0.05) is 6.92 Å². The number of hydrogen-bond acceptors (Lipinski definition) is 3. The smallest absolute Gasteiger partial charge is 0.125 e. The number of halogens is 1. The van der Waals surface area contributed by atoms with Crippen molar-refractivity contribution in [1.82, 2.24) is 10.2 Å². The maximum atomic E-state index is 13.9. The van der Waals surface area contributed by atoms with E-state index in [9.17, 15) is 4.39 Å². The molecule has 0 spiro atoms. The Labute approximate surface area is 121 Å². The maximum absolute atomic E-state index is 13.9. The SMILES string of the molecule is CCC1CN(C)CCCN1c1cc(F)cc(CNC)c1. The van der Waals surface area contributed by atoms with Gasteiger partial charge in [0.1, 0.15) is 5.82 Å². The molecule has 0 aliphatic carbocycles. The van der Waals surface area contributed by atoms with Crippen LogP contribution in [0.3, 0.4) is 0 Å². The molecule has 0 bridgehead atoms. The lowest BCUT2D eigenvalue weighted by Crippen LogP contribution is -2.40. The minimum atomic E-state index is -0.139. The summed E-state index contributed by atoms with van der Waals surface area (Å²) in [6, 6.07) is 5.87. The second-order valence-corrected chi connectivity index (χ2v) is 5.72. The molecule has 0 saturated carbocycles. The third-order valence-corrected chi connectivity index (χ3v) is 4.03. The predicted molar refractivity (Wildman–Crippen MR) is 82.7 cm³/mol. The molecule has 1 aromatic carbocycles. The first-order valence-electron chi connectivity index (χ1n) is 7.53. The van der Waals surface area contributed by atoms with Crippen LogP contribution in [0.5, 0.6) is 0 Å². The van der Waals surface area contributed by atoms with Gasteiger partial charge in [0.25, 0.3) is 0 Å². The van der Waals surface area contributed by atoms with Gasteiger partial charge in [0.05, 0.1) is 0 Å². The zero-order valence-electron chi connectivity index (χ0n) is 12.8. The van der Waals surface area contributed by atoms with Crippen molar-refractivity contribution in [1.29, 1.82) is 0 Å². The van der Waals surface area contributed by atoms with Crippen LogP contribution in [0.2, 0.25) is 0 Å². The lowest BCUT2D eigenvalue weighted by atomic mass is 10.1. The van der Waals surface area contributed by atoms with Crippen LogP contribution in [-0.2, 0) is 6.54 Å². The van der Waals surface area contributed by atoms with E-state index in [0.717, 1.165) is 43.7 Å². The molecule has 3 nitrogen and oxygen atoms in total. The highest BCUT2D eigenvalue weighted by Gasteiger charge is 2.22. The lowest BCUT2D eigenvalue weighted by Gasteiger charge is -2.32. The fourth-order valence-corrected chi connectivity index (χ4v) is 3.04. The minimum Gasteiger partial charge on any atom is -0.367 e. The number of rotatable bonds is 4. The Hall–Kier alpha value is -1.13.